The van der Waals surface area contributed by atoms with Crippen LogP contribution in [0, 0.1) is 5.82 Å². The van der Waals surface area contributed by atoms with E-state index >= 15 is 0 Å². The van der Waals surface area contributed by atoms with Gasteiger partial charge in [0.05, 0.1) is 0 Å². The smallest absolute Gasteiger partial charge is 0.217 e. The fourth-order valence-electron chi connectivity index (χ4n) is 0.550. The lowest BCUT2D eigenvalue weighted by atomic mass is 10.4. The summed E-state index contributed by atoms with van der Waals surface area (Å²) in [5.41, 5.74) is -0.562. The first-order valence-corrected chi connectivity index (χ1v) is 3.52. The summed E-state index contributed by atoms with van der Waals surface area (Å²) in [5.74, 6) is -0.708. The number of aromatic nitrogens is 1. The summed E-state index contributed by atoms with van der Waals surface area (Å²) in [6.07, 6.45) is 2.65. The van der Waals surface area contributed by atoms with E-state index in [9.17, 15) is 9.18 Å². The zero-order chi connectivity index (χ0) is 8.85. The number of hydrogen-bond donors (Lipinski definition) is 0. The van der Waals surface area contributed by atoms with Crippen molar-refractivity contribution in [2.24, 2.45) is 7.05 Å². The monoisotopic (exact) mass is 157 g/mol. The van der Waals surface area contributed by atoms with Crippen molar-refractivity contribution in [1.82, 2.24) is 4.57 Å². The minimum atomic E-state index is -0.708. The van der Waals surface area contributed by atoms with Crippen LogP contribution in [0.25, 0.3) is 0 Å². The molecule has 1 heterocycles. The first-order valence-electron chi connectivity index (χ1n) is 3.52. The van der Waals surface area contributed by atoms with E-state index in [2.05, 4.69) is 0 Å². The molecule has 0 unspecified atom stereocenters. The molecule has 0 aliphatic rings. The van der Waals surface area contributed by atoms with Gasteiger partial charge in [-0.2, -0.15) is 0 Å². The third kappa shape index (κ3) is 2.98. The Balaban J connectivity index is 0.000000461. The molecule has 1 aromatic heterocycles. The predicted octanol–water partition coefficient (Wildman–Crippen LogP) is 1.55. The molecule has 1 aromatic rings. The van der Waals surface area contributed by atoms with Crippen LogP contribution in [0.5, 0.6) is 0 Å². The van der Waals surface area contributed by atoms with Crippen molar-refractivity contribution >= 4 is 0 Å². The lowest BCUT2D eigenvalue weighted by Crippen LogP contribution is -2.06. The highest BCUT2D eigenvalue weighted by Crippen LogP contribution is 1.84. The van der Waals surface area contributed by atoms with Crippen LogP contribution in [0.3, 0.4) is 0 Å². The summed E-state index contributed by atoms with van der Waals surface area (Å²) in [7, 11) is 1.66. The minimum absolute atomic E-state index is 0.562. The average molecular weight is 157 g/mol. The summed E-state index contributed by atoms with van der Waals surface area (Å²) >= 11 is 0. The second kappa shape index (κ2) is 4.66. The van der Waals surface area contributed by atoms with Gasteiger partial charge in [0.15, 0.2) is 5.82 Å². The maximum Gasteiger partial charge on any atom is 0.217 e. The maximum atomic E-state index is 12.2. The number of rotatable bonds is 0. The number of hydrogen-bond acceptors (Lipinski definition) is 1. The topological polar surface area (TPSA) is 22.0 Å². The molecule has 0 radical (unpaired) electrons. The highest BCUT2D eigenvalue weighted by Gasteiger charge is 1.92. The molecule has 0 N–H and O–H groups in total. The van der Waals surface area contributed by atoms with Crippen LogP contribution in [-0.2, 0) is 7.05 Å². The lowest BCUT2D eigenvalue weighted by Gasteiger charge is -1.92. The molecule has 0 aliphatic carbocycles. The Morgan fingerprint density at radius 2 is 2.00 bits per heavy atom. The Labute approximate surface area is 65.3 Å². The van der Waals surface area contributed by atoms with Gasteiger partial charge in [-0.1, -0.05) is 13.8 Å². The minimum Gasteiger partial charge on any atom is -0.354 e. The van der Waals surface area contributed by atoms with Gasteiger partial charge >= 0.3 is 0 Å². The second-order valence-electron chi connectivity index (χ2n) is 1.82. The SMILES string of the molecule is CC.Cn1ccc(=O)c(F)c1. The van der Waals surface area contributed by atoms with Gasteiger partial charge in [-0.3, -0.25) is 4.79 Å². The van der Waals surface area contributed by atoms with Gasteiger partial charge in [0.25, 0.3) is 0 Å². The highest BCUT2D eigenvalue weighted by atomic mass is 19.1. The highest BCUT2D eigenvalue weighted by molar-refractivity contribution is 4.95. The third-order valence-electron chi connectivity index (χ3n) is 1.01. The van der Waals surface area contributed by atoms with Gasteiger partial charge in [0.2, 0.25) is 5.43 Å². The van der Waals surface area contributed by atoms with Crippen molar-refractivity contribution < 1.29 is 4.39 Å². The van der Waals surface area contributed by atoms with Gasteiger partial charge in [-0.05, 0) is 0 Å². The van der Waals surface area contributed by atoms with Gasteiger partial charge in [0.1, 0.15) is 0 Å². The van der Waals surface area contributed by atoms with E-state index in [0.29, 0.717) is 0 Å². The molecule has 0 fully saturated rings. The summed E-state index contributed by atoms with van der Waals surface area (Å²) < 4.78 is 13.7. The normalized spacial score (nSPS) is 8.36. The standard InChI is InChI=1S/C6H6FNO.C2H6/c1-8-3-2-6(9)5(7)4-8;1-2/h2-4H,1H3;1-2H3. The van der Waals surface area contributed by atoms with Crippen LogP contribution in [0.2, 0.25) is 0 Å². The van der Waals surface area contributed by atoms with Crippen LogP contribution in [0.15, 0.2) is 23.3 Å². The van der Waals surface area contributed by atoms with Gasteiger partial charge < -0.3 is 4.57 Å². The number of aryl methyl sites for hydroxylation is 1. The Morgan fingerprint density at radius 3 is 2.36 bits per heavy atom. The molecule has 0 bridgehead atoms. The average Bonchev–Trinajstić information content (AvgIpc) is 2.02. The van der Waals surface area contributed by atoms with Crippen LogP contribution in [0.4, 0.5) is 4.39 Å². The lowest BCUT2D eigenvalue weighted by molar-refractivity contribution is 0.598. The molecule has 0 amide bonds. The van der Waals surface area contributed by atoms with Crippen LogP contribution >= 0.6 is 0 Å². The van der Waals surface area contributed by atoms with Gasteiger partial charge in [-0.25, -0.2) is 4.39 Å². The van der Waals surface area contributed by atoms with Crippen molar-refractivity contribution in [1.29, 1.82) is 0 Å². The quantitative estimate of drug-likeness (QED) is 0.560. The molecule has 2 nitrogen and oxygen atoms in total. The van der Waals surface area contributed by atoms with Gasteiger partial charge in [0, 0.05) is 25.5 Å². The zero-order valence-electron chi connectivity index (χ0n) is 6.97. The van der Waals surface area contributed by atoms with Crippen LogP contribution in [0.1, 0.15) is 13.8 Å². The Hall–Kier alpha value is -1.12. The van der Waals surface area contributed by atoms with E-state index in [-0.39, 0.29) is 0 Å². The molecule has 62 valence electrons. The first-order chi connectivity index (χ1) is 5.20. The van der Waals surface area contributed by atoms with E-state index in [4.69, 9.17) is 0 Å². The summed E-state index contributed by atoms with van der Waals surface area (Å²) in [6, 6.07) is 1.19. The first kappa shape index (κ1) is 9.88. The fourth-order valence-corrected chi connectivity index (χ4v) is 0.550. The maximum absolute atomic E-state index is 12.2. The van der Waals surface area contributed by atoms with Crippen molar-refractivity contribution in [3.8, 4) is 0 Å². The molecule has 1 rings (SSSR count). The summed E-state index contributed by atoms with van der Waals surface area (Å²) in [5, 5.41) is 0. The molecular formula is C8H12FNO. The van der Waals surface area contributed by atoms with Crippen molar-refractivity contribution in [3.63, 3.8) is 0 Å². The second-order valence-corrected chi connectivity index (χ2v) is 1.82. The Kier molecular flexibility index (Phi) is 4.18. The Bertz CT molecular complexity index is 267. The van der Waals surface area contributed by atoms with Crippen molar-refractivity contribution in [3.05, 3.63) is 34.5 Å². The van der Waals surface area contributed by atoms with Gasteiger partial charge in [-0.15, -0.1) is 0 Å². The molecular weight excluding hydrogens is 145 g/mol. The molecule has 0 saturated heterocycles. The summed E-state index contributed by atoms with van der Waals surface area (Å²) in [4.78, 5) is 10.4. The molecule has 11 heavy (non-hydrogen) atoms. The predicted molar refractivity (Wildman–Crippen MR) is 43.0 cm³/mol. The van der Waals surface area contributed by atoms with E-state index in [1.807, 2.05) is 13.8 Å². The molecule has 0 atom stereocenters. The van der Waals surface area contributed by atoms with Crippen molar-refractivity contribution in [2.75, 3.05) is 0 Å². The molecule has 0 spiro atoms. The third-order valence-corrected chi connectivity index (χ3v) is 1.01. The molecule has 3 heteroatoms. The molecule has 0 aliphatic heterocycles. The number of nitrogens with zero attached hydrogens (tertiary/aromatic N) is 1. The molecule has 0 aromatic carbocycles. The Morgan fingerprint density at radius 1 is 1.45 bits per heavy atom. The largest absolute Gasteiger partial charge is 0.354 e. The fraction of sp³-hybridized carbons (Fsp3) is 0.375. The van der Waals surface area contributed by atoms with E-state index < -0.39 is 11.2 Å². The van der Waals surface area contributed by atoms with E-state index in [0.717, 1.165) is 6.20 Å². The van der Waals surface area contributed by atoms with E-state index in [1.165, 1.54) is 16.8 Å². The zero-order valence-corrected chi connectivity index (χ0v) is 6.97. The van der Waals surface area contributed by atoms with Crippen LogP contribution < -0.4 is 5.43 Å². The van der Waals surface area contributed by atoms with Crippen LogP contribution in [-0.4, -0.2) is 4.57 Å². The number of pyridine rings is 1. The van der Waals surface area contributed by atoms with E-state index in [1.54, 1.807) is 7.05 Å². The van der Waals surface area contributed by atoms with Crippen molar-refractivity contribution in [2.45, 2.75) is 13.8 Å². The summed E-state index contributed by atoms with van der Waals surface area (Å²) in [6.45, 7) is 4.00. The number of halogens is 1. The molecule has 0 saturated carbocycles.